The third-order valence-electron chi connectivity index (χ3n) is 2.52. The van der Waals surface area contributed by atoms with Gasteiger partial charge in [0, 0.05) is 24.5 Å². The lowest BCUT2D eigenvalue weighted by molar-refractivity contribution is 0.103. The van der Waals surface area contributed by atoms with Gasteiger partial charge in [-0.1, -0.05) is 24.3 Å². The summed E-state index contributed by atoms with van der Waals surface area (Å²) < 4.78 is 5.02. The Balaban J connectivity index is 2.35. The molecule has 0 radical (unpaired) electrons. The zero-order valence-corrected chi connectivity index (χ0v) is 9.96. The predicted molar refractivity (Wildman–Crippen MR) is 66.3 cm³/mol. The zero-order valence-electron chi connectivity index (χ0n) is 9.96. The summed E-state index contributed by atoms with van der Waals surface area (Å²) in [5, 5.41) is 0. The van der Waals surface area contributed by atoms with Crippen molar-refractivity contribution in [2.24, 2.45) is 5.73 Å². The summed E-state index contributed by atoms with van der Waals surface area (Å²) in [6.07, 6.45) is 2.94. The van der Waals surface area contributed by atoms with E-state index < -0.39 is 0 Å². The molecular weight excluding hydrogens is 230 g/mol. The van der Waals surface area contributed by atoms with Gasteiger partial charge in [0.1, 0.15) is 0 Å². The van der Waals surface area contributed by atoms with E-state index in [1.165, 1.54) is 19.5 Å². The van der Waals surface area contributed by atoms with Gasteiger partial charge in [0.05, 0.1) is 7.11 Å². The third kappa shape index (κ3) is 2.36. The maximum Gasteiger partial charge on any atom is 0.243 e. The largest absolute Gasteiger partial charge is 0.479 e. The van der Waals surface area contributed by atoms with Gasteiger partial charge >= 0.3 is 0 Å². The number of aromatic nitrogens is 2. The molecule has 0 unspecified atom stereocenters. The first kappa shape index (κ1) is 12.2. The summed E-state index contributed by atoms with van der Waals surface area (Å²) in [6.45, 7) is 0.447. The number of ether oxygens (including phenoxy) is 1. The van der Waals surface area contributed by atoms with Crippen molar-refractivity contribution in [1.82, 2.24) is 9.97 Å². The second-order valence-electron chi connectivity index (χ2n) is 3.64. The Labute approximate surface area is 105 Å². The lowest BCUT2D eigenvalue weighted by atomic mass is 10.1. The summed E-state index contributed by atoms with van der Waals surface area (Å²) in [7, 11) is 1.46. The van der Waals surface area contributed by atoms with Crippen molar-refractivity contribution in [2.45, 2.75) is 6.54 Å². The van der Waals surface area contributed by atoms with Crippen LogP contribution >= 0.6 is 0 Å². The normalized spacial score (nSPS) is 10.1. The summed E-state index contributed by atoms with van der Waals surface area (Å²) >= 11 is 0. The van der Waals surface area contributed by atoms with E-state index in [1.54, 1.807) is 12.1 Å². The second-order valence-corrected chi connectivity index (χ2v) is 3.64. The predicted octanol–water partition coefficient (Wildman–Crippen LogP) is 1.17. The van der Waals surface area contributed by atoms with Crippen molar-refractivity contribution >= 4 is 5.78 Å². The highest BCUT2D eigenvalue weighted by molar-refractivity contribution is 6.09. The van der Waals surface area contributed by atoms with Gasteiger partial charge in [-0.05, 0) is 5.56 Å². The summed E-state index contributed by atoms with van der Waals surface area (Å²) in [6, 6.07) is 7.07. The average molecular weight is 243 g/mol. The molecule has 2 rings (SSSR count). The Bertz CT molecular complexity index is 552. The van der Waals surface area contributed by atoms with E-state index in [-0.39, 0.29) is 17.4 Å². The number of hydrogen-bond donors (Lipinski definition) is 1. The molecule has 1 aromatic carbocycles. The fourth-order valence-corrected chi connectivity index (χ4v) is 1.56. The molecular formula is C13H13N3O2. The van der Waals surface area contributed by atoms with Gasteiger partial charge < -0.3 is 10.5 Å². The molecule has 5 nitrogen and oxygen atoms in total. The number of benzene rings is 1. The van der Waals surface area contributed by atoms with Crippen LogP contribution in [0.5, 0.6) is 5.88 Å². The molecule has 18 heavy (non-hydrogen) atoms. The highest BCUT2D eigenvalue weighted by Crippen LogP contribution is 2.16. The SMILES string of the molecule is COc1nccnc1C(=O)c1ccc(CN)cc1. The van der Waals surface area contributed by atoms with Crippen molar-refractivity contribution in [3.8, 4) is 5.88 Å². The van der Waals surface area contributed by atoms with E-state index in [1.807, 2.05) is 12.1 Å². The highest BCUT2D eigenvalue weighted by atomic mass is 16.5. The first-order valence-corrected chi connectivity index (χ1v) is 5.45. The quantitative estimate of drug-likeness (QED) is 0.816. The number of methoxy groups -OCH3 is 1. The van der Waals surface area contributed by atoms with Crippen LogP contribution in [0.15, 0.2) is 36.7 Å². The third-order valence-corrected chi connectivity index (χ3v) is 2.52. The lowest BCUT2D eigenvalue weighted by Gasteiger charge is -2.05. The van der Waals surface area contributed by atoms with Gasteiger partial charge in [-0.3, -0.25) is 4.79 Å². The minimum absolute atomic E-state index is 0.209. The Hall–Kier alpha value is -2.27. The van der Waals surface area contributed by atoms with Gasteiger partial charge in [0.2, 0.25) is 11.7 Å². The Morgan fingerprint density at radius 1 is 1.22 bits per heavy atom. The molecule has 2 aromatic rings. The topological polar surface area (TPSA) is 78.1 Å². The highest BCUT2D eigenvalue weighted by Gasteiger charge is 2.16. The van der Waals surface area contributed by atoms with E-state index >= 15 is 0 Å². The molecule has 0 aliphatic rings. The van der Waals surface area contributed by atoms with Crippen molar-refractivity contribution < 1.29 is 9.53 Å². The minimum atomic E-state index is -0.219. The monoisotopic (exact) mass is 243 g/mol. The molecule has 92 valence electrons. The maximum absolute atomic E-state index is 12.2. The summed E-state index contributed by atoms with van der Waals surface area (Å²) in [5.74, 6) is 0.00826. The number of carbonyl (C=O) groups is 1. The molecule has 0 atom stereocenters. The van der Waals surface area contributed by atoms with E-state index in [9.17, 15) is 4.79 Å². The maximum atomic E-state index is 12.2. The molecule has 5 heteroatoms. The number of hydrogen-bond acceptors (Lipinski definition) is 5. The van der Waals surface area contributed by atoms with Gasteiger partial charge in [-0.15, -0.1) is 0 Å². The number of ketones is 1. The van der Waals surface area contributed by atoms with E-state index in [4.69, 9.17) is 10.5 Å². The van der Waals surface area contributed by atoms with Gasteiger partial charge in [0.15, 0.2) is 5.69 Å². The fourth-order valence-electron chi connectivity index (χ4n) is 1.56. The van der Waals surface area contributed by atoms with Gasteiger partial charge in [0.25, 0.3) is 0 Å². The van der Waals surface area contributed by atoms with Crippen LogP contribution in [0.1, 0.15) is 21.6 Å². The molecule has 2 N–H and O–H groups in total. The lowest BCUT2D eigenvalue weighted by Crippen LogP contribution is -2.08. The Morgan fingerprint density at radius 2 is 1.89 bits per heavy atom. The van der Waals surface area contributed by atoms with Crippen molar-refractivity contribution in [2.75, 3.05) is 7.11 Å². The number of rotatable bonds is 4. The first-order valence-electron chi connectivity index (χ1n) is 5.45. The van der Waals surface area contributed by atoms with Crippen LogP contribution in [0.3, 0.4) is 0 Å². The van der Waals surface area contributed by atoms with Crippen molar-refractivity contribution in [3.63, 3.8) is 0 Å². The van der Waals surface area contributed by atoms with Crippen LogP contribution in [0, 0.1) is 0 Å². The molecule has 1 aromatic heterocycles. The number of nitrogens with two attached hydrogens (primary N) is 1. The van der Waals surface area contributed by atoms with Crippen LogP contribution < -0.4 is 10.5 Å². The minimum Gasteiger partial charge on any atom is -0.479 e. The molecule has 0 aliphatic heterocycles. The van der Waals surface area contributed by atoms with Gasteiger partial charge in [-0.25, -0.2) is 9.97 Å². The second kappa shape index (κ2) is 5.37. The molecule has 1 heterocycles. The van der Waals surface area contributed by atoms with E-state index in [2.05, 4.69) is 9.97 Å². The molecule has 0 saturated carbocycles. The van der Waals surface area contributed by atoms with Crippen LogP contribution in [-0.4, -0.2) is 22.9 Å². The molecule has 0 aliphatic carbocycles. The van der Waals surface area contributed by atoms with Crippen LogP contribution in [0.25, 0.3) is 0 Å². The van der Waals surface area contributed by atoms with E-state index in [0.717, 1.165) is 5.56 Å². The Kier molecular flexibility index (Phi) is 3.64. The van der Waals surface area contributed by atoms with Crippen molar-refractivity contribution in [1.29, 1.82) is 0 Å². The number of carbonyl (C=O) groups excluding carboxylic acids is 1. The summed E-state index contributed by atoms with van der Waals surface area (Å²) in [4.78, 5) is 20.2. The standard InChI is InChI=1S/C13H13N3O2/c1-18-13-11(15-6-7-16-13)12(17)10-4-2-9(8-14)3-5-10/h2-7H,8,14H2,1H3. The molecule has 0 saturated heterocycles. The zero-order chi connectivity index (χ0) is 13.0. The first-order chi connectivity index (χ1) is 8.76. The molecule has 0 bridgehead atoms. The van der Waals surface area contributed by atoms with Crippen LogP contribution in [0.4, 0.5) is 0 Å². The van der Waals surface area contributed by atoms with Crippen molar-refractivity contribution in [3.05, 3.63) is 53.5 Å². The Morgan fingerprint density at radius 3 is 2.50 bits per heavy atom. The number of nitrogens with zero attached hydrogens (tertiary/aromatic N) is 2. The fraction of sp³-hybridized carbons (Fsp3) is 0.154. The van der Waals surface area contributed by atoms with Crippen LogP contribution in [-0.2, 0) is 6.54 Å². The summed E-state index contributed by atoms with van der Waals surface area (Å²) in [5.41, 5.74) is 7.22. The smallest absolute Gasteiger partial charge is 0.243 e. The van der Waals surface area contributed by atoms with Crippen LogP contribution in [0.2, 0.25) is 0 Å². The molecule has 0 fully saturated rings. The van der Waals surface area contributed by atoms with Gasteiger partial charge in [-0.2, -0.15) is 0 Å². The molecule has 0 amide bonds. The average Bonchev–Trinajstić information content (AvgIpc) is 2.46. The van der Waals surface area contributed by atoms with E-state index in [0.29, 0.717) is 12.1 Å². The molecule has 0 spiro atoms.